The normalized spacial score (nSPS) is 22.2. The van der Waals surface area contributed by atoms with Gasteiger partial charge in [0.1, 0.15) is 0 Å². The van der Waals surface area contributed by atoms with Crippen LogP contribution in [0.15, 0.2) is 28.2 Å². The number of amidine groups is 1. The predicted octanol–water partition coefficient (Wildman–Crippen LogP) is 2.48. The average molecular weight is 275 g/mol. The maximum Gasteiger partial charge on any atom is 0.286 e. The standard InChI is InChI=1S/C14H17N3OS/c1-16-7-5-6-11(16)10-12-13(18)15-14(19-12)17-8-3-2-4-9-17/h5-7,10H,2-4,8-9H2,1H3/b12-10+. The maximum absolute atomic E-state index is 12.0. The molecule has 0 radical (unpaired) electrons. The van der Waals surface area contributed by atoms with E-state index in [1.165, 1.54) is 31.0 Å². The number of hydrogen-bond donors (Lipinski definition) is 0. The van der Waals surface area contributed by atoms with Gasteiger partial charge in [0, 0.05) is 32.0 Å². The molecule has 1 fully saturated rings. The van der Waals surface area contributed by atoms with Crippen LogP contribution in [0.3, 0.4) is 0 Å². The first kappa shape index (κ1) is 12.5. The molecule has 0 spiro atoms. The molecular formula is C14H17N3OS. The van der Waals surface area contributed by atoms with E-state index in [0.29, 0.717) is 0 Å². The summed E-state index contributed by atoms with van der Waals surface area (Å²) in [7, 11) is 1.98. The molecule has 0 aliphatic carbocycles. The Morgan fingerprint density at radius 2 is 2.11 bits per heavy atom. The number of aromatic nitrogens is 1. The fourth-order valence-electron chi connectivity index (χ4n) is 2.38. The molecule has 0 saturated carbocycles. The fraction of sp³-hybridized carbons (Fsp3) is 0.429. The third-order valence-electron chi connectivity index (χ3n) is 3.50. The minimum absolute atomic E-state index is 0.105. The third kappa shape index (κ3) is 2.61. The highest BCUT2D eigenvalue weighted by molar-refractivity contribution is 8.18. The highest BCUT2D eigenvalue weighted by atomic mass is 32.2. The predicted molar refractivity (Wildman–Crippen MR) is 78.8 cm³/mol. The topological polar surface area (TPSA) is 37.6 Å². The van der Waals surface area contributed by atoms with Crippen LogP contribution in [-0.2, 0) is 11.8 Å². The molecule has 19 heavy (non-hydrogen) atoms. The Balaban J connectivity index is 1.76. The van der Waals surface area contributed by atoms with Crippen LogP contribution in [0, 0.1) is 0 Å². The zero-order chi connectivity index (χ0) is 13.2. The van der Waals surface area contributed by atoms with Crippen molar-refractivity contribution < 1.29 is 4.79 Å². The number of likely N-dealkylation sites (tertiary alicyclic amines) is 1. The van der Waals surface area contributed by atoms with Gasteiger partial charge in [-0.05, 0) is 49.2 Å². The molecule has 3 rings (SSSR count). The van der Waals surface area contributed by atoms with E-state index in [1.807, 2.05) is 36.0 Å². The first-order valence-corrected chi connectivity index (χ1v) is 7.44. The largest absolute Gasteiger partial charge is 0.351 e. The molecule has 1 saturated heterocycles. The van der Waals surface area contributed by atoms with Crippen molar-refractivity contribution in [1.82, 2.24) is 9.47 Å². The Bertz CT molecular complexity index is 553. The van der Waals surface area contributed by atoms with Gasteiger partial charge >= 0.3 is 0 Å². The summed E-state index contributed by atoms with van der Waals surface area (Å²) in [5.74, 6) is -0.105. The van der Waals surface area contributed by atoms with E-state index in [1.54, 1.807) is 0 Å². The number of thioether (sulfide) groups is 1. The number of hydrogen-bond acceptors (Lipinski definition) is 3. The smallest absolute Gasteiger partial charge is 0.286 e. The van der Waals surface area contributed by atoms with E-state index in [2.05, 4.69) is 9.89 Å². The van der Waals surface area contributed by atoms with Crippen molar-refractivity contribution in [1.29, 1.82) is 0 Å². The minimum atomic E-state index is -0.105. The first-order chi connectivity index (χ1) is 9.24. The molecule has 0 unspecified atom stereocenters. The fourth-order valence-corrected chi connectivity index (χ4v) is 3.33. The van der Waals surface area contributed by atoms with Gasteiger partial charge in [-0.15, -0.1) is 0 Å². The lowest BCUT2D eigenvalue weighted by atomic mass is 10.1. The molecule has 4 nitrogen and oxygen atoms in total. The van der Waals surface area contributed by atoms with Crippen molar-refractivity contribution in [2.75, 3.05) is 13.1 Å². The molecule has 0 N–H and O–H groups in total. The van der Waals surface area contributed by atoms with Gasteiger partial charge in [0.2, 0.25) is 0 Å². The van der Waals surface area contributed by atoms with Crippen LogP contribution < -0.4 is 0 Å². The van der Waals surface area contributed by atoms with Gasteiger partial charge in [-0.2, -0.15) is 4.99 Å². The van der Waals surface area contributed by atoms with Crippen molar-refractivity contribution in [2.45, 2.75) is 19.3 Å². The summed E-state index contributed by atoms with van der Waals surface area (Å²) in [5.41, 5.74) is 1.03. The molecular weight excluding hydrogens is 258 g/mol. The second-order valence-electron chi connectivity index (χ2n) is 4.90. The van der Waals surface area contributed by atoms with Crippen molar-refractivity contribution in [3.05, 3.63) is 28.9 Å². The first-order valence-electron chi connectivity index (χ1n) is 6.63. The van der Waals surface area contributed by atoms with Crippen LogP contribution in [0.4, 0.5) is 0 Å². The summed E-state index contributed by atoms with van der Waals surface area (Å²) in [5, 5.41) is 0.880. The van der Waals surface area contributed by atoms with E-state index in [4.69, 9.17) is 0 Å². The van der Waals surface area contributed by atoms with E-state index in [9.17, 15) is 4.79 Å². The zero-order valence-electron chi connectivity index (χ0n) is 11.0. The van der Waals surface area contributed by atoms with Crippen LogP contribution in [0.1, 0.15) is 25.0 Å². The van der Waals surface area contributed by atoms with E-state index >= 15 is 0 Å². The second-order valence-corrected chi connectivity index (χ2v) is 5.91. The zero-order valence-corrected chi connectivity index (χ0v) is 11.8. The number of carbonyl (C=O) groups excluding carboxylic acids is 1. The Morgan fingerprint density at radius 3 is 2.79 bits per heavy atom. The number of aryl methyl sites for hydroxylation is 1. The van der Waals surface area contributed by atoms with Crippen molar-refractivity contribution in [3.63, 3.8) is 0 Å². The lowest BCUT2D eigenvalue weighted by Gasteiger charge is -2.27. The molecule has 2 aliphatic rings. The van der Waals surface area contributed by atoms with Crippen LogP contribution in [0.2, 0.25) is 0 Å². The quantitative estimate of drug-likeness (QED) is 0.739. The Labute approximate surface area is 117 Å². The number of nitrogens with zero attached hydrogens (tertiary/aromatic N) is 3. The molecule has 2 aliphatic heterocycles. The second kappa shape index (κ2) is 5.25. The summed E-state index contributed by atoms with van der Waals surface area (Å²) in [6.07, 6.45) is 7.58. The van der Waals surface area contributed by atoms with Crippen LogP contribution in [0.25, 0.3) is 6.08 Å². The summed E-state index contributed by atoms with van der Waals surface area (Å²) < 4.78 is 2.00. The van der Waals surface area contributed by atoms with Gasteiger partial charge in [-0.1, -0.05) is 0 Å². The van der Waals surface area contributed by atoms with Gasteiger partial charge in [-0.3, -0.25) is 4.79 Å². The molecule has 3 heterocycles. The van der Waals surface area contributed by atoms with Gasteiger partial charge in [0.15, 0.2) is 5.17 Å². The van der Waals surface area contributed by atoms with E-state index in [-0.39, 0.29) is 5.91 Å². The maximum atomic E-state index is 12.0. The Hall–Kier alpha value is -1.49. The third-order valence-corrected chi connectivity index (χ3v) is 4.54. The van der Waals surface area contributed by atoms with Crippen molar-refractivity contribution in [2.24, 2.45) is 12.0 Å². The molecule has 1 aromatic rings. The number of carbonyl (C=O) groups is 1. The Kier molecular flexibility index (Phi) is 3.46. The van der Waals surface area contributed by atoms with Crippen molar-refractivity contribution >= 4 is 28.9 Å². The highest BCUT2D eigenvalue weighted by Gasteiger charge is 2.26. The van der Waals surface area contributed by atoms with Gasteiger partial charge in [-0.25, -0.2) is 0 Å². The summed E-state index contributed by atoms with van der Waals surface area (Å²) >= 11 is 1.51. The SMILES string of the molecule is Cn1cccc1/C=C1/SC(N2CCCCC2)=NC1=O. The number of piperidine rings is 1. The minimum Gasteiger partial charge on any atom is -0.351 e. The van der Waals surface area contributed by atoms with Gasteiger partial charge < -0.3 is 9.47 Å². The number of rotatable bonds is 1. The van der Waals surface area contributed by atoms with E-state index in [0.717, 1.165) is 28.9 Å². The van der Waals surface area contributed by atoms with Gasteiger partial charge in [0.05, 0.1) is 4.91 Å². The lowest BCUT2D eigenvalue weighted by Crippen LogP contribution is -2.33. The molecule has 100 valence electrons. The molecule has 5 heteroatoms. The summed E-state index contributed by atoms with van der Waals surface area (Å²) in [6, 6.07) is 3.97. The lowest BCUT2D eigenvalue weighted by molar-refractivity contribution is -0.113. The molecule has 0 atom stereocenters. The van der Waals surface area contributed by atoms with E-state index < -0.39 is 0 Å². The molecule has 0 aromatic carbocycles. The Morgan fingerprint density at radius 1 is 1.32 bits per heavy atom. The van der Waals surface area contributed by atoms with Crippen LogP contribution in [0.5, 0.6) is 0 Å². The number of aliphatic imine (C=N–C) groups is 1. The van der Waals surface area contributed by atoms with Crippen LogP contribution >= 0.6 is 11.8 Å². The number of amides is 1. The van der Waals surface area contributed by atoms with Gasteiger partial charge in [0.25, 0.3) is 5.91 Å². The van der Waals surface area contributed by atoms with Crippen LogP contribution in [-0.4, -0.2) is 33.6 Å². The molecule has 1 amide bonds. The molecule has 0 bridgehead atoms. The molecule has 1 aromatic heterocycles. The summed E-state index contributed by atoms with van der Waals surface area (Å²) in [6.45, 7) is 2.05. The van der Waals surface area contributed by atoms with Crippen molar-refractivity contribution in [3.8, 4) is 0 Å². The highest BCUT2D eigenvalue weighted by Crippen LogP contribution is 2.31. The summed E-state index contributed by atoms with van der Waals surface area (Å²) in [4.78, 5) is 19.1. The monoisotopic (exact) mass is 275 g/mol. The average Bonchev–Trinajstić information content (AvgIpc) is 2.99.